The third kappa shape index (κ3) is 2.72. The molecule has 1 aliphatic rings. The van der Waals surface area contributed by atoms with Gasteiger partial charge in [0.05, 0.1) is 7.11 Å². The lowest BCUT2D eigenvalue weighted by molar-refractivity contribution is -0.148. The number of amides is 1. The summed E-state index contributed by atoms with van der Waals surface area (Å²) in [6.45, 7) is 2.80. The number of carbonyl (C=O) groups is 2. The Morgan fingerprint density at radius 1 is 1.43 bits per heavy atom. The molecule has 14 heavy (non-hydrogen) atoms. The Labute approximate surface area is 84.2 Å². The summed E-state index contributed by atoms with van der Waals surface area (Å²) in [7, 11) is 1.30. The fraction of sp³-hybridized carbons (Fsp3) is 0.800. The molecule has 1 aliphatic heterocycles. The molecule has 1 saturated heterocycles. The van der Waals surface area contributed by atoms with E-state index in [9.17, 15) is 9.59 Å². The summed E-state index contributed by atoms with van der Waals surface area (Å²) in [6.07, 6.45) is 3.12. The van der Waals surface area contributed by atoms with E-state index >= 15 is 0 Å². The van der Waals surface area contributed by atoms with Crippen molar-refractivity contribution in [2.24, 2.45) is 0 Å². The van der Waals surface area contributed by atoms with Crippen LogP contribution in [-0.4, -0.2) is 36.5 Å². The Morgan fingerprint density at radius 3 is 2.71 bits per heavy atom. The highest BCUT2D eigenvalue weighted by Gasteiger charge is 2.24. The van der Waals surface area contributed by atoms with Gasteiger partial charge in [-0.15, -0.1) is 0 Å². The number of esters is 1. The Kier molecular flexibility index (Phi) is 3.92. The summed E-state index contributed by atoms with van der Waals surface area (Å²) in [5.74, 6) is -0.558. The monoisotopic (exact) mass is 199 g/mol. The number of ether oxygens (including phenoxy) is 1. The molecule has 80 valence electrons. The zero-order valence-corrected chi connectivity index (χ0v) is 8.78. The maximum absolute atomic E-state index is 11.6. The van der Waals surface area contributed by atoms with Gasteiger partial charge in [0, 0.05) is 12.6 Å². The number of piperidine rings is 1. The van der Waals surface area contributed by atoms with Crippen LogP contribution >= 0.6 is 0 Å². The molecule has 0 aromatic heterocycles. The van der Waals surface area contributed by atoms with Crippen LogP contribution in [0.25, 0.3) is 0 Å². The molecule has 0 N–H and O–H groups in total. The minimum atomic E-state index is -0.451. The number of carbonyl (C=O) groups excluding carboxylic acids is 2. The van der Waals surface area contributed by atoms with Crippen LogP contribution in [0, 0.1) is 0 Å². The van der Waals surface area contributed by atoms with E-state index in [-0.39, 0.29) is 18.4 Å². The molecule has 4 heteroatoms. The van der Waals surface area contributed by atoms with Crippen molar-refractivity contribution >= 4 is 11.9 Å². The van der Waals surface area contributed by atoms with Crippen molar-refractivity contribution in [2.45, 2.75) is 38.6 Å². The van der Waals surface area contributed by atoms with Gasteiger partial charge in [-0.05, 0) is 26.2 Å². The molecule has 0 aromatic rings. The highest BCUT2D eigenvalue weighted by Crippen LogP contribution is 2.17. The van der Waals surface area contributed by atoms with E-state index in [4.69, 9.17) is 0 Å². The van der Waals surface area contributed by atoms with Crippen LogP contribution < -0.4 is 0 Å². The summed E-state index contributed by atoms with van der Waals surface area (Å²) in [6, 6.07) is 0.265. The van der Waals surface area contributed by atoms with Crippen LogP contribution in [-0.2, 0) is 14.3 Å². The molecule has 1 unspecified atom stereocenters. The van der Waals surface area contributed by atoms with E-state index in [0.717, 1.165) is 19.4 Å². The normalized spacial score (nSPS) is 21.9. The number of methoxy groups -OCH3 is 1. The van der Waals surface area contributed by atoms with E-state index in [0.29, 0.717) is 0 Å². The lowest BCUT2D eigenvalue weighted by Crippen LogP contribution is -2.42. The van der Waals surface area contributed by atoms with Gasteiger partial charge in [0.1, 0.15) is 6.42 Å². The number of likely N-dealkylation sites (tertiary alicyclic amines) is 1. The van der Waals surface area contributed by atoms with E-state index in [2.05, 4.69) is 4.74 Å². The molecule has 0 saturated carbocycles. The Hall–Kier alpha value is -1.06. The van der Waals surface area contributed by atoms with Crippen LogP contribution in [0.15, 0.2) is 0 Å². The number of nitrogens with zero attached hydrogens (tertiary/aromatic N) is 1. The lowest BCUT2D eigenvalue weighted by Gasteiger charge is -2.33. The summed E-state index contributed by atoms with van der Waals surface area (Å²) >= 11 is 0. The van der Waals surface area contributed by atoms with Gasteiger partial charge in [-0.3, -0.25) is 9.59 Å². The van der Waals surface area contributed by atoms with Crippen LogP contribution in [0.1, 0.15) is 32.6 Å². The van der Waals surface area contributed by atoms with Crippen molar-refractivity contribution in [1.29, 1.82) is 0 Å². The molecule has 1 heterocycles. The van der Waals surface area contributed by atoms with Gasteiger partial charge in [-0.25, -0.2) is 0 Å². The third-order valence-corrected chi connectivity index (χ3v) is 2.65. The van der Waals surface area contributed by atoms with Gasteiger partial charge in [-0.1, -0.05) is 0 Å². The Balaban J connectivity index is 2.46. The first-order valence-electron chi connectivity index (χ1n) is 5.01. The summed E-state index contributed by atoms with van der Waals surface area (Å²) in [5.41, 5.74) is 0. The number of hydrogen-bond acceptors (Lipinski definition) is 3. The predicted molar refractivity (Wildman–Crippen MR) is 51.7 cm³/mol. The first-order valence-corrected chi connectivity index (χ1v) is 5.01. The van der Waals surface area contributed by atoms with Crippen molar-refractivity contribution < 1.29 is 14.3 Å². The molecule has 0 spiro atoms. The summed E-state index contributed by atoms with van der Waals surface area (Å²) in [5, 5.41) is 0. The maximum atomic E-state index is 11.6. The first kappa shape index (κ1) is 11.0. The summed E-state index contributed by atoms with van der Waals surface area (Å²) in [4.78, 5) is 24.3. The average molecular weight is 199 g/mol. The van der Waals surface area contributed by atoms with Gasteiger partial charge >= 0.3 is 5.97 Å². The number of rotatable bonds is 2. The standard InChI is InChI=1S/C10H17NO3/c1-8-5-3-4-6-11(8)9(12)7-10(13)14-2/h8H,3-7H2,1-2H3. The highest BCUT2D eigenvalue weighted by atomic mass is 16.5. The molecule has 0 bridgehead atoms. The minimum absolute atomic E-state index is 0.107. The lowest BCUT2D eigenvalue weighted by atomic mass is 10.0. The van der Waals surface area contributed by atoms with Crippen LogP contribution in [0.4, 0.5) is 0 Å². The second-order valence-corrected chi connectivity index (χ2v) is 3.68. The molecule has 4 nitrogen and oxygen atoms in total. The Bertz CT molecular complexity index is 227. The zero-order chi connectivity index (χ0) is 10.6. The van der Waals surface area contributed by atoms with E-state index in [1.54, 1.807) is 4.90 Å². The molecule has 1 atom stereocenters. The first-order chi connectivity index (χ1) is 6.65. The van der Waals surface area contributed by atoms with Gasteiger partial charge in [0.25, 0.3) is 0 Å². The molecule has 0 aliphatic carbocycles. The van der Waals surface area contributed by atoms with Crippen molar-refractivity contribution in [3.8, 4) is 0 Å². The van der Waals surface area contributed by atoms with Gasteiger partial charge in [-0.2, -0.15) is 0 Å². The maximum Gasteiger partial charge on any atom is 0.315 e. The van der Waals surface area contributed by atoms with Crippen LogP contribution in [0.5, 0.6) is 0 Å². The van der Waals surface area contributed by atoms with Crippen molar-refractivity contribution in [3.63, 3.8) is 0 Å². The molecule has 1 amide bonds. The zero-order valence-electron chi connectivity index (χ0n) is 8.78. The fourth-order valence-corrected chi connectivity index (χ4v) is 1.77. The van der Waals surface area contributed by atoms with Crippen LogP contribution in [0.2, 0.25) is 0 Å². The second-order valence-electron chi connectivity index (χ2n) is 3.68. The predicted octanol–water partition coefficient (Wildman–Crippen LogP) is 0.950. The van der Waals surface area contributed by atoms with Crippen molar-refractivity contribution in [3.05, 3.63) is 0 Å². The van der Waals surface area contributed by atoms with Crippen molar-refractivity contribution in [1.82, 2.24) is 4.90 Å². The van der Waals surface area contributed by atoms with E-state index in [1.165, 1.54) is 13.5 Å². The van der Waals surface area contributed by atoms with E-state index < -0.39 is 5.97 Å². The topological polar surface area (TPSA) is 46.6 Å². The Morgan fingerprint density at radius 2 is 2.14 bits per heavy atom. The average Bonchev–Trinajstić information content (AvgIpc) is 2.18. The fourth-order valence-electron chi connectivity index (χ4n) is 1.77. The summed E-state index contributed by atoms with van der Waals surface area (Å²) < 4.78 is 4.46. The minimum Gasteiger partial charge on any atom is -0.469 e. The van der Waals surface area contributed by atoms with Gasteiger partial charge in [0.2, 0.25) is 5.91 Å². The molecular formula is C10H17NO3. The molecule has 0 aromatic carbocycles. The van der Waals surface area contributed by atoms with Crippen LogP contribution in [0.3, 0.4) is 0 Å². The molecule has 0 radical (unpaired) electrons. The molecule has 1 fully saturated rings. The molecular weight excluding hydrogens is 182 g/mol. The van der Waals surface area contributed by atoms with E-state index in [1.807, 2.05) is 6.92 Å². The van der Waals surface area contributed by atoms with Gasteiger partial charge in [0.15, 0.2) is 0 Å². The number of hydrogen-bond donors (Lipinski definition) is 0. The smallest absolute Gasteiger partial charge is 0.315 e. The second kappa shape index (κ2) is 4.98. The molecule has 1 rings (SSSR count). The quantitative estimate of drug-likeness (QED) is 0.491. The highest BCUT2D eigenvalue weighted by molar-refractivity contribution is 5.94. The van der Waals surface area contributed by atoms with Crippen molar-refractivity contribution in [2.75, 3.05) is 13.7 Å². The SMILES string of the molecule is COC(=O)CC(=O)N1CCCCC1C. The third-order valence-electron chi connectivity index (χ3n) is 2.65. The van der Waals surface area contributed by atoms with Gasteiger partial charge < -0.3 is 9.64 Å². The largest absolute Gasteiger partial charge is 0.469 e.